The molecule has 1 aromatic carbocycles. The number of fused-ring (bicyclic) bond motifs is 3. The lowest BCUT2D eigenvalue weighted by Crippen LogP contribution is -1.95. The second-order valence-electron chi connectivity index (χ2n) is 6.02. The van der Waals surface area contributed by atoms with Gasteiger partial charge < -0.3 is 0 Å². The largest absolute Gasteiger partial charge is 0.251 e. The van der Waals surface area contributed by atoms with Crippen molar-refractivity contribution >= 4 is 21.8 Å². The Morgan fingerprint density at radius 1 is 0.636 bits per heavy atom. The number of nitrogens with zero attached hydrogens (tertiary/aromatic N) is 2. The van der Waals surface area contributed by atoms with Crippen LogP contribution >= 0.6 is 0 Å². The predicted octanol–water partition coefficient (Wildman–Crippen LogP) is 5.47. The van der Waals surface area contributed by atoms with E-state index in [1.54, 1.807) is 0 Å². The molecule has 0 atom stereocenters. The second kappa shape index (κ2) is 6.87. The van der Waals surface area contributed by atoms with Gasteiger partial charge in [-0.05, 0) is 37.8 Å². The molecule has 0 bridgehead atoms. The van der Waals surface area contributed by atoms with Gasteiger partial charge in [-0.2, -0.15) is 0 Å². The molecule has 0 unspecified atom stereocenters. The second-order valence-corrected chi connectivity index (χ2v) is 6.02. The fourth-order valence-corrected chi connectivity index (χ4v) is 2.84. The molecule has 0 radical (unpaired) electrons. The van der Waals surface area contributed by atoms with Crippen LogP contribution < -0.4 is 0 Å². The van der Waals surface area contributed by atoms with Crippen molar-refractivity contribution in [3.63, 3.8) is 0 Å². The molecule has 114 valence electrons. The molecule has 0 aliphatic rings. The highest BCUT2D eigenvalue weighted by Gasteiger charge is 2.06. The SMILES string of the molecule is CCCCc1ccc2ccc3ccc(CCCC)nc3c2n1. The van der Waals surface area contributed by atoms with E-state index in [1.165, 1.54) is 47.8 Å². The van der Waals surface area contributed by atoms with Crippen molar-refractivity contribution in [1.82, 2.24) is 9.97 Å². The van der Waals surface area contributed by atoms with Crippen molar-refractivity contribution in [2.24, 2.45) is 0 Å². The van der Waals surface area contributed by atoms with Crippen LogP contribution in [0.25, 0.3) is 21.8 Å². The number of hydrogen-bond acceptors (Lipinski definition) is 2. The van der Waals surface area contributed by atoms with E-state index in [1.807, 2.05) is 0 Å². The van der Waals surface area contributed by atoms with Crippen LogP contribution in [0, 0.1) is 0 Å². The molecule has 0 aliphatic heterocycles. The van der Waals surface area contributed by atoms with Gasteiger partial charge in [-0.25, -0.2) is 0 Å². The van der Waals surface area contributed by atoms with E-state index in [-0.39, 0.29) is 0 Å². The monoisotopic (exact) mass is 292 g/mol. The maximum absolute atomic E-state index is 4.90. The first-order chi connectivity index (χ1) is 10.8. The Labute approximate surface area is 132 Å². The fraction of sp³-hybridized carbons (Fsp3) is 0.400. The van der Waals surface area contributed by atoms with Crippen molar-refractivity contribution < 1.29 is 0 Å². The summed E-state index contributed by atoms with van der Waals surface area (Å²) in [5.41, 5.74) is 4.49. The lowest BCUT2D eigenvalue weighted by molar-refractivity contribution is 0.778. The van der Waals surface area contributed by atoms with Crippen LogP contribution in [0.15, 0.2) is 36.4 Å². The normalized spacial score (nSPS) is 11.4. The third-order valence-electron chi connectivity index (χ3n) is 4.21. The minimum atomic E-state index is 1.05. The summed E-state index contributed by atoms with van der Waals surface area (Å²) in [4.78, 5) is 9.80. The Hall–Kier alpha value is -1.96. The highest BCUT2D eigenvalue weighted by molar-refractivity contribution is 6.02. The van der Waals surface area contributed by atoms with E-state index in [0.717, 1.165) is 23.9 Å². The maximum Gasteiger partial charge on any atom is 0.0967 e. The summed E-state index contributed by atoms with van der Waals surface area (Å²) in [5.74, 6) is 0. The summed E-state index contributed by atoms with van der Waals surface area (Å²) < 4.78 is 0. The van der Waals surface area contributed by atoms with Crippen LogP contribution in [0.4, 0.5) is 0 Å². The van der Waals surface area contributed by atoms with Gasteiger partial charge in [0.25, 0.3) is 0 Å². The van der Waals surface area contributed by atoms with E-state index < -0.39 is 0 Å². The van der Waals surface area contributed by atoms with E-state index >= 15 is 0 Å². The highest BCUT2D eigenvalue weighted by atomic mass is 14.8. The molecular formula is C20H24N2. The zero-order chi connectivity index (χ0) is 15.4. The maximum atomic E-state index is 4.90. The van der Waals surface area contributed by atoms with Crippen molar-refractivity contribution in [1.29, 1.82) is 0 Å². The van der Waals surface area contributed by atoms with Gasteiger partial charge >= 0.3 is 0 Å². The Morgan fingerprint density at radius 3 is 1.45 bits per heavy atom. The van der Waals surface area contributed by atoms with Crippen molar-refractivity contribution in [3.05, 3.63) is 47.8 Å². The molecule has 0 aliphatic carbocycles. The lowest BCUT2D eigenvalue weighted by Gasteiger charge is -2.07. The number of unbranched alkanes of at least 4 members (excludes halogenated alkanes) is 2. The number of rotatable bonds is 6. The third-order valence-corrected chi connectivity index (χ3v) is 4.21. The molecule has 2 aromatic heterocycles. The predicted molar refractivity (Wildman–Crippen MR) is 94.3 cm³/mol. The Morgan fingerprint density at radius 2 is 1.05 bits per heavy atom. The molecule has 0 saturated carbocycles. The molecule has 2 heterocycles. The molecule has 0 saturated heterocycles. The van der Waals surface area contributed by atoms with Gasteiger partial charge in [0.2, 0.25) is 0 Å². The van der Waals surface area contributed by atoms with Crippen molar-refractivity contribution in [2.45, 2.75) is 52.4 Å². The van der Waals surface area contributed by atoms with E-state index in [9.17, 15) is 0 Å². The third kappa shape index (κ3) is 3.11. The average Bonchev–Trinajstić information content (AvgIpc) is 2.57. The van der Waals surface area contributed by atoms with Gasteiger partial charge in [-0.15, -0.1) is 0 Å². The van der Waals surface area contributed by atoms with Crippen molar-refractivity contribution in [2.75, 3.05) is 0 Å². The van der Waals surface area contributed by atoms with E-state index in [2.05, 4.69) is 50.2 Å². The number of benzene rings is 1. The van der Waals surface area contributed by atoms with Gasteiger partial charge in [0.05, 0.1) is 11.0 Å². The molecular weight excluding hydrogens is 268 g/mol. The first kappa shape index (κ1) is 15.0. The molecule has 0 spiro atoms. The summed E-state index contributed by atoms with van der Waals surface area (Å²) in [6.07, 6.45) is 6.90. The topological polar surface area (TPSA) is 25.8 Å². The summed E-state index contributed by atoms with van der Waals surface area (Å²) in [6.45, 7) is 4.44. The van der Waals surface area contributed by atoms with Gasteiger partial charge in [0, 0.05) is 22.2 Å². The van der Waals surface area contributed by atoms with Crippen LogP contribution in [0.5, 0.6) is 0 Å². The van der Waals surface area contributed by atoms with Gasteiger partial charge in [0.1, 0.15) is 0 Å². The van der Waals surface area contributed by atoms with Crippen LogP contribution in [0.1, 0.15) is 50.9 Å². The Bertz CT molecular complexity index is 710. The number of hydrogen-bond donors (Lipinski definition) is 0. The molecule has 2 nitrogen and oxygen atoms in total. The van der Waals surface area contributed by atoms with Crippen LogP contribution in [-0.2, 0) is 12.8 Å². The van der Waals surface area contributed by atoms with Crippen LogP contribution in [-0.4, -0.2) is 9.97 Å². The lowest BCUT2D eigenvalue weighted by atomic mass is 10.1. The Balaban J connectivity index is 2.09. The van der Waals surface area contributed by atoms with Crippen molar-refractivity contribution in [3.8, 4) is 0 Å². The smallest absolute Gasteiger partial charge is 0.0967 e. The first-order valence-corrected chi connectivity index (χ1v) is 8.50. The molecule has 3 rings (SSSR count). The van der Waals surface area contributed by atoms with E-state index in [4.69, 9.17) is 9.97 Å². The zero-order valence-corrected chi connectivity index (χ0v) is 13.6. The number of pyridine rings is 2. The minimum absolute atomic E-state index is 1.05. The minimum Gasteiger partial charge on any atom is -0.251 e. The quantitative estimate of drug-likeness (QED) is 0.563. The van der Waals surface area contributed by atoms with Gasteiger partial charge in [-0.3, -0.25) is 9.97 Å². The Kier molecular flexibility index (Phi) is 4.67. The van der Waals surface area contributed by atoms with Gasteiger partial charge in [-0.1, -0.05) is 51.0 Å². The highest BCUT2D eigenvalue weighted by Crippen LogP contribution is 2.23. The fourth-order valence-electron chi connectivity index (χ4n) is 2.84. The molecule has 3 aromatic rings. The molecule has 0 fully saturated rings. The average molecular weight is 292 g/mol. The summed E-state index contributed by atoms with van der Waals surface area (Å²) >= 11 is 0. The first-order valence-electron chi connectivity index (χ1n) is 8.50. The van der Waals surface area contributed by atoms with Crippen LogP contribution in [0.3, 0.4) is 0 Å². The molecule has 22 heavy (non-hydrogen) atoms. The standard InChI is InChI=1S/C20H24N2/c1-3-5-7-17-13-11-15-9-10-16-12-14-18(8-6-4-2)22-20(16)19(15)21-17/h9-14H,3-8H2,1-2H3. The summed E-state index contributed by atoms with van der Waals surface area (Å²) in [5, 5.41) is 2.38. The number of aromatic nitrogens is 2. The molecule has 2 heteroatoms. The van der Waals surface area contributed by atoms with E-state index in [0.29, 0.717) is 0 Å². The summed E-state index contributed by atoms with van der Waals surface area (Å²) in [7, 11) is 0. The van der Waals surface area contributed by atoms with Crippen LogP contribution in [0.2, 0.25) is 0 Å². The summed E-state index contributed by atoms with van der Waals surface area (Å²) in [6, 6.07) is 13.0. The molecule has 0 amide bonds. The van der Waals surface area contributed by atoms with Gasteiger partial charge in [0.15, 0.2) is 0 Å². The number of aryl methyl sites for hydroxylation is 2. The zero-order valence-electron chi connectivity index (χ0n) is 13.6. The molecule has 0 N–H and O–H groups in total.